The van der Waals surface area contributed by atoms with Crippen molar-refractivity contribution in [2.24, 2.45) is 0 Å². The summed E-state index contributed by atoms with van der Waals surface area (Å²) >= 11 is 0. The van der Waals surface area contributed by atoms with Crippen LogP contribution in [0.25, 0.3) is 0 Å². The molecule has 1 aliphatic rings. The Morgan fingerprint density at radius 2 is 1.58 bits per heavy atom. The number of hydrogen-bond donors (Lipinski definition) is 2. The molecular weight excluding hydrogens is 240 g/mol. The summed E-state index contributed by atoms with van der Waals surface area (Å²) in [5, 5.41) is 18.1. The second-order valence-corrected chi connectivity index (χ2v) is 4.90. The standard InChI is InChI=1S/C15H23N2O2/c18-11-9-17(10-12-19)15-5-3-14(4-6-15)13-16-7-1-2-8-16/h3-6,13,18-19H,1-2,7-12H2/q+1. The van der Waals surface area contributed by atoms with Gasteiger partial charge in [0.2, 0.25) is 0 Å². The summed E-state index contributed by atoms with van der Waals surface area (Å²) in [5.74, 6) is 0. The van der Waals surface area contributed by atoms with E-state index in [1.54, 1.807) is 0 Å². The SMILES string of the molecule is OCCN(CCO)c1ccc(C=[N+]2CCCC2)cc1. The molecule has 0 atom stereocenters. The van der Waals surface area contributed by atoms with E-state index >= 15 is 0 Å². The molecule has 0 amide bonds. The molecule has 1 aromatic rings. The van der Waals surface area contributed by atoms with Crippen molar-refractivity contribution in [2.75, 3.05) is 44.3 Å². The van der Waals surface area contributed by atoms with Gasteiger partial charge in [0.25, 0.3) is 0 Å². The second kappa shape index (κ2) is 7.26. The van der Waals surface area contributed by atoms with Gasteiger partial charge < -0.3 is 15.1 Å². The molecule has 19 heavy (non-hydrogen) atoms. The molecule has 4 nitrogen and oxygen atoms in total. The van der Waals surface area contributed by atoms with Crippen LogP contribution in [0.5, 0.6) is 0 Å². The van der Waals surface area contributed by atoms with E-state index in [0.717, 1.165) is 18.8 Å². The topological polar surface area (TPSA) is 46.7 Å². The van der Waals surface area contributed by atoms with Crippen LogP contribution in [0.4, 0.5) is 5.69 Å². The third kappa shape index (κ3) is 4.04. The highest BCUT2D eigenvalue weighted by molar-refractivity contribution is 5.76. The molecule has 0 aliphatic carbocycles. The summed E-state index contributed by atoms with van der Waals surface area (Å²) in [6.45, 7) is 3.61. The predicted molar refractivity (Wildman–Crippen MR) is 77.2 cm³/mol. The van der Waals surface area contributed by atoms with E-state index in [1.165, 1.54) is 18.4 Å². The Morgan fingerprint density at radius 1 is 1.00 bits per heavy atom. The molecule has 0 spiro atoms. The number of nitrogens with zero attached hydrogens (tertiary/aromatic N) is 2. The van der Waals surface area contributed by atoms with Crippen LogP contribution in [-0.2, 0) is 0 Å². The third-order valence-electron chi connectivity index (χ3n) is 3.47. The fraction of sp³-hybridized carbons (Fsp3) is 0.533. The van der Waals surface area contributed by atoms with Crippen molar-refractivity contribution >= 4 is 11.9 Å². The zero-order valence-electron chi connectivity index (χ0n) is 11.3. The molecule has 1 aliphatic heterocycles. The Bertz CT molecular complexity index is 401. The van der Waals surface area contributed by atoms with Gasteiger partial charge in [-0.05, 0) is 24.3 Å². The monoisotopic (exact) mass is 263 g/mol. The van der Waals surface area contributed by atoms with E-state index in [4.69, 9.17) is 10.2 Å². The summed E-state index contributed by atoms with van der Waals surface area (Å²) in [5.41, 5.74) is 2.25. The third-order valence-corrected chi connectivity index (χ3v) is 3.47. The van der Waals surface area contributed by atoms with Gasteiger partial charge in [0, 0.05) is 37.2 Å². The molecule has 1 saturated heterocycles. The van der Waals surface area contributed by atoms with E-state index in [9.17, 15) is 0 Å². The average Bonchev–Trinajstić information content (AvgIpc) is 2.92. The molecule has 0 bridgehead atoms. The molecule has 1 fully saturated rings. The molecule has 0 aromatic heterocycles. The Morgan fingerprint density at radius 3 is 2.11 bits per heavy atom. The second-order valence-electron chi connectivity index (χ2n) is 4.90. The molecule has 0 radical (unpaired) electrons. The van der Waals surface area contributed by atoms with Crippen molar-refractivity contribution < 1.29 is 14.8 Å². The van der Waals surface area contributed by atoms with Crippen LogP contribution in [-0.4, -0.2) is 60.4 Å². The normalized spacial score (nSPS) is 14.7. The predicted octanol–water partition coefficient (Wildman–Crippen LogP) is 0.703. The zero-order valence-corrected chi connectivity index (χ0v) is 11.3. The Kier molecular flexibility index (Phi) is 5.36. The van der Waals surface area contributed by atoms with E-state index in [1.807, 2.05) is 17.0 Å². The van der Waals surface area contributed by atoms with Crippen LogP contribution in [0.1, 0.15) is 18.4 Å². The first-order valence-electron chi connectivity index (χ1n) is 6.99. The first-order chi connectivity index (χ1) is 9.33. The Labute approximate surface area is 114 Å². The van der Waals surface area contributed by atoms with Gasteiger partial charge in [0.1, 0.15) is 13.1 Å². The zero-order chi connectivity index (χ0) is 13.5. The van der Waals surface area contributed by atoms with Gasteiger partial charge in [-0.2, -0.15) is 0 Å². The summed E-state index contributed by atoms with van der Waals surface area (Å²) < 4.78 is 2.36. The summed E-state index contributed by atoms with van der Waals surface area (Å²) in [6.07, 6.45) is 4.78. The Balaban J connectivity index is 2.05. The maximum Gasteiger partial charge on any atom is 0.170 e. The lowest BCUT2D eigenvalue weighted by Crippen LogP contribution is -2.29. The molecule has 2 N–H and O–H groups in total. The number of benzene rings is 1. The van der Waals surface area contributed by atoms with Crippen molar-refractivity contribution in [2.45, 2.75) is 12.8 Å². The van der Waals surface area contributed by atoms with Crippen LogP contribution in [0, 0.1) is 0 Å². The maximum atomic E-state index is 9.03. The van der Waals surface area contributed by atoms with E-state index < -0.39 is 0 Å². The van der Waals surface area contributed by atoms with E-state index in [-0.39, 0.29) is 13.2 Å². The largest absolute Gasteiger partial charge is 0.395 e. The molecule has 1 heterocycles. The van der Waals surface area contributed by atoms with Gasteiger partial charge in [0.05, 0.1) is 13.2 Å². The number of hydrogen-bond acceptors (Lipinski definition) is 3. The highest BCUT2D eigenvalue weighted by Gasteiger charge is 2.12. The average molecular weight is 263 g/mol. The van der Waals surface area contributed by atoms with Gasteiger partial charge in [0.15, 0.2) is 6.21 Å². The van der Waals surface area contributed by atoms with Crippen LogP contribution in [0.2, 0.25) is 0 Å². The summed E-state index contributed by atoms with van der Waals surface area (Å²) in [6, 6.07) is 8.28. The Hall–Kier alpha value is -1.39. The molecule has 0 unspecified atom stereocenters. The fourth-order valence-corrected chi connectivity index (χ4v) is 2.46. The number of rotatable bonds is 6. The highest BCUT2D eigenvalue weighted by atomic mass is 16.3. The lowest BCUT2D eigenvalue weighted by Gasteiger charge is -2.22. The van der Waals surface area contributed by atoms with Crippen LogP contribution in [0.15, 0.2) is 24.3 Å². The minimum absolute atomic E-state index is 0.0989. The smallest absolute Gasteiger partial charge is 0.170 e. The fourth-order valence-electron chi connectivity index (χ4n) is 2.46. The van der Waals surface area contributed by atoms with Crippen molar-refractivity contribution in [3.63, 3.8) is 0 Å². The number of aliphatic hydroxyl groups excluding tert-OH is 2. The molecule has 0 saturated carbocycles. The van der Waals surface area contributed by atoms with Crippen molar-refractivity contribution in [1.82, 2.24) is 0 Å². The number of anilines is 1. The van der Waals surface area contributed by atoms with Gasteiger partial charge in [-0.15, -0.1) is 0 Å². The first-order valence-corrected chi connectivity index (χ1v) is 6.99. The van der Waals surface area contributed by atoms with Crippen LogP contribution in [0.3, 0.4) is 0 Å². The molecule has 104 valence electrons. The quantitative estimate of drug-likeness (QED) is 0.743. The van der Waals surface area contributed by atoms with E-state index in [2.05, 4.69) is 22.9 Å². The molecule has 4 heteroatoms. The van der Waals surface area contributed by atoms with Gasteiger partial charge in [-0.3, -0.25) is 0 Å². The van der Waals surface area contributed by atoms with Crippen molar-refractivity contribution in [1.29, 1.82) is 0 Å². The van der Waals surface area contributed by atoms with Crippen LogP contribution >= 0.6 is 0 Å². The lowest BCUT2D eigenvalue weighted by molar-refractivity contribution is -0.500. The molecule has 1 aromatic carbocycles. The van der Waals surface area contributed by atoms with Gasteiger partial charge >= 0.3 is 0 Å². The molecule has 2 rings (SSSR count). The molecular formula is C15H23N2O2+. The van der Waals surface area contributed by atoms with Crippen LogP contribution < -0.4 is 4.90 Å². The van der Waals surface area contributed by atoms with Gasteiger partial charge in [-0.25, -0.2) is 4.58 Å². The van der Waals surface area contributed by atoms with Gasteiger partial charge in [-0.1, -0.05) is 0 Å². The summed E-state index contributed by atoms with van der Waals surface area (Å²) in [7, 11) is 0. The highest BCUT2D eigenvalue weighted by Crippen LogP contribution is 2.14. The van der Waals surface area contributed by atoms with Crippen molar-refractivity contribution in [3.05, 3.63) is 29.8 Å². The van der Waals surface area contributed by atoms with E-state index in [0.29, 0.717) is 13.1 Å². The number of aliphatic hydroxyl groups is 2. The summed E-state index contributed by atoms with van der Waals surface area (Å²) in [4.78, 5) is 1.99. The first kappa shape index (κ1) is 14.0. The lowest BCUT2D eigenvalue weighted by atomic mass is 10.2. The maximum absolute atomic E-state index is 9.03. The minimum atomic E-state index is 0.0989. The minimum Gasteiger partial charge on any atom is -0.395 e. The van der Waals surface area contributed by atoms with Crippen molar-refractivity contribution in [3.8, 4) is 0 Å².